The van der Waals surface area contributed by atoms with E-state index in [2.05, 4.69) is 5.32 Å². The molecule has 0 fully saturated rings. The fourth-order valence-electron chi connectivity index (χ4n) is 1.28. The van der Waals surface area contributed by atoms with Crippen molar-refractivity contribution < 1.29 is 13.6 Å². The summed E-state index contributed by atoms with van der Waals surface area (Å²) in [7, 11) is 0. The van der Waals surface area contributed by atoms with Gasteiger partial charge >= 0.3 is 0 Å². The maximum absolute atomic E-state index is 13.3. The molecule has 16 heavy (non-hydrogen) atoms. The van der Waals surface area contributed by atoms with E-state index in [1.807, 2.05) is 0 Å². The molecule has 3 N–H and O–H groups in total. The number of hydrogen-bond acceptors (Lipinski definition) is 2. The summed E-state index contributed by atoms with van der Waals surface area (Å²) in [5, 5.41) is 2.53. The van der Waals surface area contributed by atoms with Crippen LogP contribution < -0.4 is 11.1 Å². The second-order valence-electron chi connectivity index (χ2n) is 3.68. The number of carbonyl (C=O) groups is 1. The third-order valence-electron chi connectivity index (χ3n) is 2.20. The molecule has 88 valence electrons. The first-order valence-corrected chi connectivity index (χ1v) is 4.92. The molecule has 5 heteroatoms. The number of hydrogen-bond donors (Lipinski definition) is 2. The molecule has 0 unspecified atom stereocenters. The normalized spacial score (nSPS) is 14.3. The molecule has 0 bridgehead atoms. The lowest BCUT2D eigenvalue weighted by Crippen LogP contribution is -2.39. The van der Waals surface area contributed by atoms with Crippen molar-refractivity contribution in [2.75, 3.05) is 0 Å². The van der Waals surface area contributed by atoms with Gasteiger partial charge in [0.25, 0.3) is 0 Å². The van der Waals surface area contributed by atoms with E-state index in [1.165, 1.54) is 13.0 Å². The molecule has 0 spiro atoms. The monoisotopic (exact) mass is 228 g/mol. The lowest BCUT2D eigenvalue weighted by molar-refractivity contribution is -0.122. The van der Waals surface area contributed by atoms with E-state index < -0.39 is 23.7 Å². The van der Waals surface area contributed by atoms with Crippen molar-refractivity contribution in [3.8, 4) is 0 Å². The van der Waals surface area contributed by atoms with Gasteiger partial charge in [0.15, 0.2) is 0 Å². The minimum atomic E-state index is -0.683. The second-order valence-corrected chi connectivity index (χ2v) is 3.68. The topological polar surface area (TPSA) is 55.1 Å². The fourth-order valence-corrected chi connectivity index (χ4v) is 1.28. The molecule has 0 saturated heterocycles. The predicted molar refractivity (Wildman–Crippen MR) is 56.6 cm³/mol. The molecule has 0 heterocycles. The van der Waals surface area contributed by atoms with Gasteiger partial charge < -0.3 is 11.1 Å². The molecule has 3 nitrogen and oxygen atoms in total. The Balaban J connectivity index is 2.80. The molecule has 1 rings (SSSR count). The van der Waals surface area contributed by atoms with E-state index in [0.29, 0.717) is 0 Å². The van der Waals surface area contributed by atoms with E-state index in [9.17, 15) is 13.6 Å². The van der Waals surface area contributed by atoms with Crippen LogP contribution in [0.2, 0.25) is 0 Å². The summed E-state index contributed by atoms with van der Waals surface area (Å²) < 4.78 is 26.0. The minimum Gasteiger partial charge on any atom is -0.348 e. The van der Waals surface area contributed by atoms with Gasteiger partial charge in [0.1, 0.15) is 11.6 Å². The number of rotatable bonds is 3. The van der Waals surface area contributed by atoms with Gasteiger partial charge in [-0.25, -0.2) is 8.78 Å². The lowest BCUT2D eigenvalue weighted by atomic mass is 10.1. The summed E-state index contributed by atoms with van der Waals surface area (Å²) in [6.07, 6.45) is 0. The summed E-state index contributed by atoms with van der Waals surface area (Å²) in [4.78, 5) is 11.3. The van der Waals surface area contributed by atoms with Crippen LogP contribution in [-0.2, 0) is 4.79 Å². The van der Waals surface area contributed by atoms with Gasteiger partial charge in [0, 0.05) is 11.6 Å². The smallest absolute Gasteiger partial charge is 0.237 e. The largest absolute Gasteiger partial charge is 0.348 e. The standard InChI is InChI=1S/C11H14F2N2O/c1-6(14)11(16)15-7(2)9-4-3-8(12)5-10(9)13/h3-7H,14H2,1-2H3,(H,15,16)/t6-,7-/m0/s1. The lowest BCUT2D eigenvalue weighted by Gasteiger charge is -2.16. The van der Waals surface area contributed by atoms with Gasteiger partial charge in [-0.3, -0.25) is 4.79 Å². The summed E-state index contributed by atoms with van der Waals surface area (Å²) >= 11 is 0. The van der Waals surface area contributed by atoms with E-state index >= 15 is 0 Å². The molecule has 0 saturated carbocycles. The average molecular weight is 228 g/mol. The van der Waals surface area contributed by atoms with Crippen LogP contribution in [0.3, 0.4) is 0 Å². The Morgan fingerprint density at radius 1 is 1.38 bits per heavy atom. The fraction of sp³-hybridized carbons (Fsp3) is 0.364. The van der Waals surface area contributed by atoms with E-state index in [-0.39, 0.29) is 11.5 Å². The Kier molecular flexibility index (Phi) is 3.95. The minimum absolute atomic E-state index is 0.232. The highest BCUT2D eigenvalue weighted by Gasteiger charge is 2.15. The van der Waals surface area contributed by atoms with Gasteiger partial charge in [-0.15, -0.1) is 0 Å². The number of halogens is 2. The van der Waals surface area contributed by atoms with Crippen LogP contribution in [0.15, 0.2) is 18.2 Å². The highest BCUT2D eigenvalue weighted by atomic mass is 19.1. The van der Waals surface area contributed by atoms with Crippen molar-refractivity contribution in [1.82, 2.24) is 5.32 Å². The van der Waals surface area contributed by atoms with Gasteiger partial charge in [-0.2, -0.15) is 0 Å². The third kappa shape index (κ3) is 3.00. The Labute approximate surface area is 92.6 Å². The number of carbonyl (C=O) groups excluding carboxylic acids is 1. The highest BCUT2D eigenvalue weighted by Crippen LogP contribution is 2.17. The molecular formula is C11H14F2N2O. The van der Waals surface area contributed by atoms with Crippen LogP contribution in [0.4, 0.5) is 8.78 Å². The number of amides is 1. The predicted octanol–water partition coefficient (Wildman–Crippen LogP) is 1.49. The molecule has 0 aliphatic rings. The summed E-state index contributed by atoms with van der Waals surface area (Å²) in [6, 6.07) is 2.03. The summed E-state index contributed by atoms with van der Waals surface area (Å²) in [5.74, 6) is -1.71. The summed E-state index contributed by atoms with van der Waals surface area (Å²) in [5.41, 5.74) is 5.59. The Morgan fingerprint density at radius 3 is 2.50 bits per heavy atom. The molecule has 2 atom stereocenters. The number of benzene rings is 1. The highest BCUT2D eigenvalue weighted by molar-refractivity contribution is 5.81. The maximum Gasteiger partial charge on any atom is 0.237 e. The zero-order chi connectivity index (χ0) is 12.3. The molecule has 0 aliphatic heterocycles. The van der Waals surface area contributed by atoms with Crippen LogP contribution in [-0.4, -0.2) is 11.9 Å². The van der Waals surface area contributed by atoms with Gasteiger partial charge in [-0.05, 0) is 19.9 Å². The molecular weight excluding hydrogens is 214 g/mol. The zero-order valence-electron chi connectivity index (χ0n) is 9.13. The van der Waals surface area contributed by atoms with Gasteiger partial charge in [0.05, 0.1) is 12.1 Å². The van der Waals surface area contributed by atoms with Crippen LogP contribution in [0.25, 0.3) is 0 Å². The zero-order valence-corrected chi connectivity index (χ0v) is 9.13. The van der Waals surface area contributed by atoms with Crippen LogP contribution in [0, 0.1) is 11.6 Å². The quantitative estimate of drug-likeness (QED) is 0.823. The molecule has 1 amide bonds. The molecule has 1 aromatic carbocycles. The first-order chi connectivity index (χ1) is 7.41. The van der Waals surface area contributed by atoms with Crippen LogP contribution in [0.1, 0.15) is 25.5 Å². The van der Waals surface area contributed by atoms with E-state index in [1.54, 1.807) is 6.92 Å². The van der Waals surface area contributed by atoms with E-state index in [0.717, 1.165) is 12.1 Å². The first kappa shape index (κ1) is 12.6. The Bertz CT molecular complexity index is 394. The molecule has 0 radical (unpaired) electrons. The first-order valence-electron chi connectivity index (χ1n) is 4.92. The van der Waals surface area contributed by atoms with Crippen molar-refractivity contribution in [2.45, 2.75) is 25.9 Å². The molecule has 0 aliphatic carbocycles. The summed E-state index contributed by atoms with van der Waals surface area (Å²) in [6.45, 7) is 3.14. The molecule has 0 aromatic heterocycles. The Hall–Kier alpha value is -1.49. The molecule has 1 aromatic rings. The van der Waals surface area contributed by atoms with Crippen molar-refractivity contribution in [3.05, 3.63) is 35.4 Å². The van der Waals surface area contributed by atoms with Crippen molar-refractivity contribution >= 4 is 5.91 Å². The average Bonchev–Trinajstić information content (AvgIpc) is 2.16. The van der Waals surface area contributed by atoms with Crippen LogP contribution >= 0.6 is 0 Å². The second kappa shape index (κ2) is 5.03. The van der Waals surface area contributed by atoms with E-state index in [4.69, 9.17) is 5.73 Å². The number of nitrogens with two attached hydrogens (primary N) is 1. The van der Waals surface area contributed by atoms with Gasteiger partial charge in [0.2, 0.25) is 5.91 Å². The van der Waals surface area contributed by atoms with Crippen molar-refractivity contribution in [2.24, 2.45) is 5.73 Å². The Morgan fingerprint density at radius 2 is 2.00 bits per heavy atom. The van der Waals surface area contributed by atoms with Crippen molar-refractivity contribution in [3.63, 3.8) is 0 Å². The SMILES string of the molecule is C[C@H](N)C(=O)N[C@@H](C)c1ccc(F)cc1F. The van der Waals surface area contributed by atoms with Crippen molar-refractivity contribution in [1.29, 1.82) is 0 Å². The van der Waals surface area contributed by atoms with Crippen LogP contribution in [0.5, 0.6) is 0 Å². The number of nitrogens with one attached hydrogen (secondary N) is 1. The maximum atomic E-state index is 13.3. The van der Waals surface area contributed by atoms with Gasteiger partial charge in [-0.1, -0.05) is 6.07 Å². The third-order valence-corrected chi connectivity index (χ3v) is 2.20.